The highest BCUT2D eigenvalue weighted by Crippen LogP contribution is 2.30. The first-order valence-corrected chi connectivity index (χ1v) is 13.1. The van der Waals surface area contributed by atoms with E-state index >= 15 is 0 Å². The van der Waals surface area contributed by atoms with Crippen LogP contribution >= 0.6 is 0 Å². The van der Waals surface area contributed by atoms with E-state index in [1.54, 1.807) is 64.4 Å². The Balaban J connectivity index is 1.51. The van der Waals surface area contributed by atoms with E-state index < -0.39 is 11.4 Å². The minimum absolute atomic E-state index is 0.00539. The van der Waals surface area contributed by atoms with E-state index in [2.05, 4.69) is 4.98 Å². The van der Waals surface area contributed by atoms with Gasteiger partial charge in [0, 0.05) is 24.8 Å². The highest BCUT2D eigenvalue weighted by molar-refractivity contribution is 5.97. The molecule has 2 aromatic carbocycles. The van der Waals surface area contributed by atoms with Gasteiger partial charge in [-0.25, -0.2) is 9.78 Å². The Kier molecular flexibility index (Phi) is 7.15. The molecule has 1 amide bonds. The lowest BCUT2D eigenvalue weighted by molar-refractivity contribution is -0.128. The summed E-state index contributed by atoms with van der Waals surface area (Å²) in [4.78, 5) is 33.1. The van der Waals surface area contributed by atoms with Gasteiger partial charge in [0.1, 0.15) is 34.5 Å². The number of nitrogen functional groups attached to an aromatic ring is 1. The molecule has 10 nitrogen and oxygen atoms in total. The maximum Gasteiger partial charge on any atom is 0.334 e. The van der Waals surface area contributed by atoms with Gasteiger partial charge >= 0.3 is 5.69 Å². The van der Waals surface area contributed by atoms with Crippen LogP contribution in [0, 0.1) is 11.3 Å². The van der Waals surface area contributed by atoms with Crippen LogP contribution in [0.2, 0.25) is 0 Å². The van der Waals surface area contributed by atoms with Gasteiger partial charge in [0.15, 0.2) is 0 Å². The second-order valence-corrected chi connectivity index (χ2v) is 10.5. The number of pyridine rings is 1. The van der Waals surface area contributed by atoms with Crippen molar-refractivity contribution in [1.82, 2.24) is 19.0 Å². The Morgan fingerprint density at radius 3 is 2.50 bits per heavy atom. The number of para-hydroxylation sites is 1. The summed E-state index contributed by atoms with van der Waals surface area (Å²) < 4.78 is 9.13. The molecule has 1 atom stereocenters. The second-order valence-electron chi connectivity index (χ2n) is 10.5. The van der Waals surface area contributed by atoms with E-state index in [9.17, 15) is 14.9 Å². The van der Waals surface area contributed by atoms with Gasteiger partial charge in [0.2, 0.25) is 0 Å². The summed E-state index contributed by atoms with van der Waals surface area (Å²) in [6.45, 7) is 4.21. The number of ether oxygens (including phenoxy) is 1. The number of nitrogens with zero attached hydrogens (tertiary/aromatic N) is 5. The molecule has 204 valence electrons. The number of imidazole rings is 1. The SMILES string of the molecule is CC(C)(N)/C=C(/C#N)C(=O)N1CCC[C@@H](n2c(=O)n(-c3ccc(Oc4ccccc4)cc3)c3c(N)nccc32)C1. The van der Waals surface area contributed by atoms with E-state index in [0.29, 0.717) is 47.6 Å². The molecule has 1 aliphatic rings. The lowest BCUT2D eigenvalue weighted by atomic mass is 10.0. The van der Waals surface area contributed by atoms with Gasteiger partial charge in [0.05, 0.1) is 17.2 Å². The minimum Gasteiger partial charge on any atom is -0.457 e. The van der Waals surface area contributed by atoms with Crippen LogP contribution < -0.4 is 21.9 Å². The second kappa shape index (κ2) is 10.7. The molecule has 1 saturated heterocycles. The molecule has 40 heavy (non-hydrogen) atoms. The number of piperidine rings is 1. The summed E-state index contributed by atoms with van der Waals surface area (Å²) in [7, 11) is 0. The van der Waals surface area contributed by atoms with Crippen molar-refractivity contribution >= 4 is 22.8 Å². The number of rotatable bonds is 6. The predicted molar refractivity (Wildman–Crippen MR) is 153 cm³/mol. The van der Waals surface area contributed by atoms with Crippen LogP contribution in [0.5, 0.6) is 11.5 Å². The van der Waals surface area contributed by atoms with E-state index in [1.165, 1.54) is 6.08 Å². The van der Waals surface area contributed by atoms with Crippen molar-refractivity contribution in [2.75, 3.05) is 18.8 Å². The monoisotopic (exact) mass is 537 g/mol. The fourth-order valence-electron chi connectivity index (χ4n) is 5.10. The maximum absolute atomic E-state index is 14.0. The van der Waals surface area contributed by atoms with Crippen molar-refractivity contribution in [2.24, 2.45) is 5.73 Å². The van der Waals surface area contributed by atoms with E-state index in [0.717, 1.165) is 0 Å². The summed E-state index contributed by atoms with van der Waals surface area (Å²) >= 11 is 0. The van der Waals surface area contributed by atoms with E-state index in [1.807, 2.05) is 36.4 Å². The van der Waals surface area contributed by atoms with E-state index in [4.69, 9.17) is 16.2 Å². The Labute approximate surface area is 231 Å². The van der Waals surface area contributed by atoms with Crippen molar-refractivity contribution in [2.45, 2.75) is 38.3 Å². The number of anilines is 1. The smallest absolute Gasteiger partial charge is 0.334 e. The number of amides is 1. The number of likely N-dealkylation sites (tertiary alicyclic amines) is 1. The fourth-order valence-corrected chi connectivity index (χ4v) is 5.10. The number of carbonyl (C=O) groups is 1. The first kappa shape index (κ1) is 26.7. The first-order chi connectivity index (χ1) is 19.2. The molecular formula is C30H31N7O3. The summed E-state index contributed by atoms with van der Waals surface area (Å²) in [5.74, 6) is 1.17. The van der Waals surface area contributed by atoms with Crippen LogP contribution in [0.15, 0.2) is 83.3 Å². The predicted octanol–water partition coefficient (Wildman–Crippen LogP) is 3.91. The van der Waals surface area contributed by atoms with Gasteiger partial charge in [-0.3, -0.25) is 13.9 Å². The highest BCUT2D eigenvalue weighted by atomic mass is 16.5. The number of nitrogens with two attached hydrogens (primary N) is 2. The van der Waals surface area contributed by atoms with Gasteiger partial charge in [-0.15, -0.1) is 0 Å². The molecule has 0 spiro atoms. The quantitative estimate of drug-likeness (QED) is 0.280. The lowest BCUT2D eigenvalue weighted by Gasteiger charge is -2.33. The van der Waals surface area contributed by atoms with Gasteiger partial charge in [-0.2, -0.15) is 5.26 Å². The molecule has 0 bridgehead atoms. The number of nitriles is 1. The van der Waals surface area contributed by atoms with Crippen molar-refractivity contribution in [3.05, 3.63) is 89.0 Å². The van der Waals surface area contributed by atoms with Crippen LogP contribution in [0.3, 0.4) is 0 Å². The topological polar surface area (TPSA) is 145 Å². The van der Waals surface area contributed by atoms with Crippen LogP contribution in [0.4, 0.5) is 5.82 Å². The molecule has 1 aliphatic heterocycles. The molecular weight excluding hydrogens is 506 g/mol. The Morgan fingerprint density at radius 2 is 1.82 bits per heavy atom. The van der Waals surface area contributed by atoms with Gasteiger partial charge < -0.3 is 21.1 Å². The minimum atomic E-state index is -0.813. The number of fused-ring (bicyclic) bond motifs is 1. The van der Waals surface area contributed by atoms with Crippen LogP contribution in [0.25, 0.3) is 16.7 Å². The maximum atomic E-state index is 14.0. The van der Waals surface area contributed by atoms with Gasteiger partial charge in [-0.1, -0.05) is 18.2 Å². The Hall–Kier alpha value is -4.88. The third-order valence-electron chi connectivity index (χ3n) is 6.80. The standard InChI is InChI=1S/C30H31N7O3/c1-30(2,33)17-20(18-31)28(38)35-16-6-7-22(19-35)36-25-14-15-34-27(32)26(25)37(29(36)39)21-10-12-24(13-11-21)40-23-8-4-3-5-9-23/h3-5,8-15,17,22H,6-7,16,19,33H2,1-2H3,(H2,32,34)/b20-17-/t22-/m1/s1. The third-order valence-corrected chi connectivity index (χ3v) is 6.80. The van der Waals surface area contributed by atoms with Crippen molar-refractivity contribution < 1.29 is 9.53 Å². The average molecular weight is 538 g/mol. The highest BCUT2D eigenvalue weighted by Gasteiger charge is 2.31. The molecule has 0 radical (unpaired) electrons. The molecule has 1 fully saturated rings. The molecule has 0 aliphatic carbocycles. The zero-order valence-electron chi connectivity index (χ0n) is 22.4. The van der Waals surface area contributed by atoms with Crippen molar-refractivity contribution in [1.29, 1.82) is 5.26 Å². The first-order valence-electron chi connectivity index (χ1n) is 13.1. The third kappa shape index (κ3) is 5.32. The number of hydrogen-bond acceptors (Lipinski definition) is 7. The molecule has 5 rings (SSSR count). The molecule has 0 saturated carbocycles. The number of benzene rings is 2. The fraction of sp³-hybridized carbons (Fsp3) is 0.267. The summed E-state index contributed by atoms with van der Waals surface area (Å²) in [6.07, 6.45) is 4.41. The Bertz CT molecular complexity index is 1670. The van der Waals surface area contributed by atoms with Crippen LogP contribution in [-0.2, 0) is 4.79 Å². The van der Waals surface area contributed by atoms with Crippen LogP contribution in [-0.4, -0.2) is 43.6 Å². The van der Waals surface area contributed by atoms with Crippen molar-refractivity contribution in [3.63, 3.8) is 0 Å². The average Bonchev–Trinajstić information content (AvgIpc) is 3.25. The summed E-state index contributed by atoms with van der Waals surface area (Å²) in [5.41, 5.74) is 13.0. The normalized spacial score (nSPS) is 16.1. The number of hydrogen-bond donors (Lipinski definition) is 2. The molecule has 3 heterocycles. The molecule has 10 heteroatoms. The largest absolute Gasteiger partial charge is 0.457 e. The summed E-state index contributed by atoms with van der Waals surface area (Å²) in [6, 6.07) is 20.0. The molecule has 0 unspecified atom stereocenters. The molecule has 2 aromatic heterocycles. The molecule has 4 aromatic rings. The summed E-state index contributed by atoms with van der Waals surface area (Å²) in [5, 5.41) is 9.61. The zero-order valence-corrected chi connectivity index (χ0v) is 22.4. The van der Waals surface area contributed by atoms with Gasteiger partial charge in [-0.05, 0) is 75.2 Å². The zero-order chi connectivity index (χ0) is 28.4. The lowest BCUT2D eigenvalue weighted by Crippen LogP contribution is -2.44. The van der Waals surface area contributed by atoms with E-state index in [-0.39, 0.29) is 29.7 Å². The molecule has 4 N–H and O–H groups in total. The van der Waals surface area contributed by atoms with Crippen LogP contribution in [0.1, 0.15) is 32.7 Å². The number of aromatic nitrogens is 3. The Morgan fingerprint density at radius 1 is 1.12 bits per heavy atom. The van der Waals surface area contributed by atoms with Gasteiger partial charge in [0.25, 0.3) is 5.91 Å². The van der Waals surface area contributed by atoms with Crippen molar-refractivity contribution in [3.8, 4) is 23.3 Å². The number of carbonyl (C=O) groups excluding carboxylic acids is 1.